The highest BCUT2D eigenvalue weighted by Gasteiger charge is 2.06. The Labute approximate surface area is 99.2 Å². The molecule has 17 heavy (non-hydrogen) atoms. The van der Waals surface area contributed by atoms with Crippen molar-refractivity contribution in [3.63, 3.8) is 0 Å². The number of rotatable bonds is 2. The molecule has 0 radical (unpaired) electrons. The molecule has 0 aromatic heterocycles. The molecule has 2 rings (SSSR count). The summed E-state index contributed by atoms with van der Waals surface area (Å²) in [4.78, 5) is 0. The summed E-state index contributed by atoms with van der Waals surface area (Å²) in [6, 6.07) is 11.0. The van der Waals surface area contributed by atoms with E-state index in [4.69, 9.17) is 0 Å². The van der Waals surface area contributed by atoms with E-state index in [1.165, 1.54) is 12.1 Å². The predicted molar refractivity (Wildman–Crippen MR) is 66.5 cm³/mol. The van der Waals surface area contributed by atoms with Gasteiger partial charge in [0.05, 0.1) is 0 Å². The number of benzene rings is 2. The van der Waals surface area contributed by atoms with Crippen LogP contribution in [0.3, 0.4) is 0 Å². The Bertz CT molecular complexity index is 554. The van der Waals surface area contributed by atoms with E-state index in [-0.39, 0.29) is 0 Å². The second-order valence-electron chi connectivity index (χ2n) is 3.98. The molecule has 0 aliphatic carbocycles. The highest BCUT2D eigenvalue weighted by molar-refractivity contribution is 5.68. The largest absolute Gasteiger partial charge is 0.207 e. The standard InChI is InChI=1S/C15H12F2/c1-10(2)11-3-5-12(6-4-11)14-8-7-13(16)9-15(14)17/h3-9H,1H2,2H3. The molecule has 0 amide bonds. The van der Waals surface area contributed by atoms with Gasteiger partial charge in [-0.05, 0) is 30.2 Å². The van der Waals surface area contributed by atoms with E-state index < -0.39 is 11.6 Å². The fourth-order valence-corrected chi connectivity index (χ4v) is 1.66. The summed E-state index contributed by atoms with van der Waals surface area (Å²) in [5.41, 5.74) is 3.10. The highest BCUT2D eigenvalue weighted by atomic mass is 19.1. The van der Waals surface area contributed by atoms with Gasteiger partial charge in [0.15, 0.2) is 0 Å². The van der Waals surface area contributed by atoms with E-state index in [9.17, 15) is 8.78 Å². The van der Waals surface area contributed by atoms with E-state index >= 15 is 0 Å². The minimum atomic E-state index is -0.565. The molecule has 0 bridgehead atoms. The van der Waals surface area contributed by atoms with Gasteiger partial charge in [0, 0.05) is 11.6 Å². The van der Waals surface area contributed by atoms with Crippen LogP contribution in [0.15, 0.2) is 49.0 Å². The quantitative estimate of drug-likeness (QED) is 0.703. The third-order valence-electron chi connectivity index (χ3n) is 2.62. The fourth-order valence-electron chi connectivity index (χ4n) is 1.66. The van der Waals surface area contributed by atoms with Crippen molar-refractivity contribution in [3.8, 4) is 11.1 Å². The third kappa shape index (κ3) is 2.41. The molecule has 86 valence electrons. The molecular formula is C15H12F2. The first-order valence-corrected chi connectivity index (χ1v) is 5.29. The summed E-state index contributed by atoms with van der Waals surface area (Å²) in [7, 11) is 0. The second-order valence-corrected chi connectivity index (χ2v) is 3.98. The monoisotopic (exact) mass is 230 g/mol. The minimum absolute atomic E-state index is 0.402. The number of allylic oxidation sites excluding steroid dienone is 1. The molecule has 0 saturated carbocycles. The Hall–Kier alpha value is -1.96. The first-order chi connectivity index (χ1) is 8.08. The lowest BCUT2D eigenvalue weighted by Gasteiger charge is -2.05. The van der Waals surface area contributed by atoms with Crippen molar-refractivity contribution in [1.29, 1.82) is 0 Å². The van der Waals surface area contributed by atoms with Gasteiger partial charge in [-0.25, -0.2) is 8.78 Å². The predicted octanol–water partition coefficient (Wildman–Crippen LogP) is 4.66. The van der Waals surface area contributed by atoms with Crippen molar-refractivity contribution in [3.05, 3.63) is 66.2 Å². The lowest BCUT2D eigenvalue weighted by atomic mass is 10.0. The van der Waals surface area contributed by atoms with Crippen LogP contribution in [0.1, 0.15) is 12.5 Å². The zero-order valence-electron chi connectivity index (χ0n) is 9.50. The Morgan fingerprint density at radius 2 is 1.65 bits per heavy atom. The maximum absolute atomic E-state index is 13.5. The van der Waals surface area contributed by atoms with Gasteiger partial charge in [0.25, 0.3) is 0 Å². The average Bonchev–Trinajstić information content (AvgIpc) is 2.29. The summed E-state index contributed by atoms with van der Waals surface area (Å²) in [5, 5.41) is 0. The van der Waals surface area contributed by atoms with Gasteiger partial charge in [0.1, 0.15) is 11.6 Å². The summed E-state index contributed by atoms with van der Waals surface area (Å²) in [5.74, 6) is -1.11. The molecule has 2 aromatic carbocycles. The van der Waals surface area contributed by atoms with Gasteiger partial charge in [-0.15, -0.1) is 0 Å². The van der Waals surface area contributed by atoms with Gasteiger partial charge in [-0.2, -0.15) is 0 Å². The molecule has 0 heterocycles. The minimum Gasteiger partial charge on any atom is -0.207 e. The lowest BCUT2D eigenvalue weighted by Crippen LogP contribution is -1.87. The molecule has 0 aliphatic heterocycles. The van der Waals surface area contributed by atoms with Gasteiger partial charge in [-0.1, -0.05) is 36.4 Å². The van der Waals surface area contributed by atoms with Crippen LogP contribution in [0, 0.1) is 11.6 Å². The average molecular weight is 230 g/mol. The van der Waals surface area contributed by atoms with Crippen LogP contribution in [-0.2, 0) is 0 Å². The van der Waals surface area contributed by atoms with Crippen molar-refractivity contribution >= 4 is 5.57 Å². The van der Waals surface area contributed by atoms with E-state index in [1.54, 1.807) is 12.1 Å². The molecule has 0 fully saturated rings. The number of hydrogen-bond donors (Lipinski definition) is 0. The van der Waals surface area contributed by atoms with Crippen LogP contribution in [0.4, 0.5) is 8.78 Å². The fraction of sp³-hybridized carbons (Fsp3) is 0.0667. The summed E-state index contributed by atoms with van der Waals surface area (Å²) in [6.07, 6.45) is 0. The Kier molecular flexibility index (Phi) is 3.05. The smallest absolute Gasteiger partial charge is 0.133 e. The molecule has 2 aromatic rings. The second kappa shape index (κ2) is 4.50. The number of hydrogen-bond acceptors (Lipinski definition) is 0. The van der Waals surface area contributed by atoms with E-state index in [1.807, 2.05) is 19.1 Å². The van der Waals surface area contributed by atoms with Gasteiger partial charge in [0.2, 0.25) is 0 Å². The van der Waals surface area contributed by atoms with Crippen LogP contribution in [0.25, 0.3) is 16.7 Å². The molecule has 2 heteroatoms. The summed E-state index contributed by atoms with van der Waals surface area (Å²) in [6.45, 7) is 5.74. The van der Waals surface area contributed by atoms with Crippen molar-refractivity contribution in [1.82, 2.24) is 0 Å². The molecule has 0 aliphatic rings. The van der Waals surface area contributed by atoms with Crippen molar-refractivity contribution in [2.24, 2.45) is 0 Å². The Balaban J connectivity index is 2.43. The van der Waals surface area contributed by atoms with Crippen LogP contribution in [0.2, 0.25) is 0 Å². The first-order valence-electron chi connectivity index (χ1n) is 5.29. The number of halogens is 2. The molecule has 0 nitrogen and oxygen atoms in total. The topological polar surface area (TPSA) is 0 Å². The molecule has 0 spiro atoms. The van der Waals surface area contributed by atoms with E-state index in [0.29, 0.717) is 5.56 Å². The lowest BCUT2D eigenvalue weighted by molar-refractivity contribution is 0.585. The van der Waals surface area contributed by atoms with Crippen LogP contribution in [-0.4, -0.2) is 0 Å². The van der Waals surface area contributed by atoms with E-state index in [2.05, 4.69) is 6.58 Å². The van der Waals surface area contributed by atoms with Crippen LogP contribution in [0.5, 0.6) is 0 Å². The highest BCUT2D eigenvalue weighted by Crippen LogP contribution is 2.24. The third-order valence-corrected chi connectivity index (χ3v) is 2.62. The molecular weight excluding hydrogens is 218 g/mol. The maximum atomic E-state index is 13.5. The van der Waals surface area contributed by atoms with Crippen molar-refractivity contribution in [2.75, 3.05) is 0 Å². The van der Waals surface area contributed by atoms with Gasteiger partial charge < -0.3 is 0 Å². The summed E-state index contributed by atoms with van der Waals surface area (Å²) >= 11 is 0. The van der Waals surface area contributed by atoms with Crippen LogP contribution < -0.4 is 0 Å². The van der Waals surface area contributed by atoms with Gasteiger partial charge in [-0.3, -0.25) is 0 Å². The SMILES string of the molecule is C=C(C)c1ccc(-c2ccc(F)cc2F)cc1. The molecule has 0 saturated heterocycles. The van der Waals surface area contributed by atoms with Crippen LogP contribution >= 0.6 is 0 Å². The normalized spacial score (nSPS) is 10.3. The van der Waals surface area contributed by atoms with Gasteiger partial charge >= 0.3 is 0 Å². The Morgan fingerprint density at radius 1 is 1.00 bits per heavy atom. The zero-order valence-corrected chi connectivity index (χ0v) is 9.50. The molecule has 0 N–H and O–H groups in total. The summed E-state index contributed by atoms with van der Waals surface area (Å²) < 4.78 is 26.3. The first kappa shape index (κ1) is 11.5. The maximum Gasteiger partial charge on any atom is 0.133 e. The van der Waals surface area contributed by atoms with E-state index in [0.717, 1.165) is 22.8 Å². The molecule has 0 atom stereocenters. The Morgan fingerprint density at radius 3 is 2.18 bits per heavy atom. The zero-order chi connectivity index (χ0) is 12.4. The molecule has 0 unspecified atom stereocenters. The van der Waals surface area contributed by atoms with Crippen molar-refractivity contribution in [2.45, 2.75) is 6.92 Å². The van der Waals surface area contributed by atoms with Crippen molar-refractivity contribution < 1.29 is 8.78 Å².